The molecule has 0 saturated carbocycles. The molecule has 0 atom stereocenters. The van der Waals surface area contributed by atoms with Crippen molar-refractivity contribution in [3.8, 4) is 0 Å². The summed E-state index contributed by atoms with van der Waals surface area (Å²) in [4.78, 5) is 0. The largest absolute Gasteiger partial charge is 0.390 e. The molecule has 0 radical (unpaired) electrons. The van der Waals surface area contributed by atoms with E-state index in [0.717, 1.165) is 53.7 Å². The Hall–Kier alpha value is -3.24. The third kappa shape index (κ3) is 5.23. The van der Waals surface area contributed by atoms with E-state index in [2.05, 4.69) is 36.2 Å². The van der Waals surface area contributed by atoms with Crippen molar-refractivity contribution in [2.24, 2.45) is 0 Å². The quantitative estimate of drug-likeness (QED) is 0.380. The summed E-state index contributed by atoms with van der Waals surface area (Å²) in [6, 6.07) is 7.96. The van der Waals surface area contributed by atoms with Crippen LogP contribution < -0.4 is 0 Å². The monoisotopic (exact) mass is 452 g/mol. The lowest BCUT2D eigenvalue weighted by atomic mass is 10.3. The van der Waals surface area contributed by atoms with E-state index in [-0.39, 0.29) is 13.2 Å². The van der Waals surface area contributed by atoms with E-state index >= 15 is 0 Å². The first kappa shape index (κ1) is 22.9. The molecule has 0 aliphatic rings. The number of nitrogens with zero attached hydrogens (tertiary/aromatic N) is 8. The number of hydrogen-bond acceptors (Lipinski definition) is 6. The Morgan fingerprint density at radius 2 is 0.879 bits per heavy atom. The molecule has 10 nitrogen and oxygen atoms in total. The molecule has 0 aliphatic heterocycles. The molecule has 10 heteroatoms. The van der Waals surface area contributed by atoms with Gasteiger partial charge in [0.1, 0.15) is 0 Å². The minimum atomic E-state index is -0.0544. The molecular formula is C23H32N8O2. The second-order valence-corrected chi connectivity index (χ2v) is 8.54. The summed E-state index contributed by atoms with van der Waals surface area (Å²) in [5.74, 6) is 0. The van der Waals surface area contributed by atoms with E-state index in [4.69, 9.17) is 10.2 Å². The predicted molar refractivity (Wildman–Crippen MR) is 123 cm³/mol. The van der Waals surface area contributed by atoms with Crippen LogP contribution in [0.5, 0.6) is 0 Å². The van der Waals surface area contributed by atoms with E-state index in [1.54, 1.807) is 0 Å². The number of aryl methyl sites for hydroxylation is 6. The second kappa shape index (κ2) is 9.72. The average Bonchev–Trinajstić information content (AvgIpc) is 3.51. The first-order chi connectivity index (χ1) is 15.9. The first-order valence-corrected chi connectivity index (χ1v) is 11.2. The summed E-state index contributed by atoms with van der Waals surface area (Å²) in [6.07, 6.45) is 0.912. The summed E-state index contributed by atoms with van der Waals surface area (Å²) in [5, 5.41) is 36.9. The molecule has 0 amide bonds. The predicted octanol–water partition coefficient (Wildman–Crippen LogP) is 1.88. The lowest BCUT2D eigenvalue weighted by molar-refractivity contribution is 0.275. The highest BCUT2D eigenvalue weighted by Crippen LogP contribution is 2.12. The van der Waals surface area contributed by atoms with Crippen LogP contribution in [0.15, 0.2) is 24.3 Å². The fourth-order valence-electron chi connectivity index (χ4n) is 4.07. The SMILES string of the molecule is Cc1cc(Cn2nc(CO)cc2C)nn1CCCn1nc(Cn2nc(CO)cc2C)cc1C. The van der Waals surface area contributed by atoms with Crippen LogP contribution in [-0.2, 0) is 39.4 Å². The molecule has 0 bridgehead atoms. The fraction of sp³-hybridized carbons (Fsp3) is 0.478. The maximum Gasteiger partial charge on any atom is 0.0881 e. The molecule has 0 spiro atoms. The minimum Gasteiger partial charge on any atom is -0.390 e. The van der Waals surface area contributed by atoms with E-state index < -0.39 is 0 Å². The molecule has 2 N–H and O–H groups in total. The standard InChI is InChI=1S/C23H32N8O2/c1-16-8-20(12-30-18(3)10-22(14-32)26-30)24-28(16)6-5-7-29-17(2)9-21(25-29)13-31-19(4)11-23(15-33)27-31/h8-11,32-33H,5-7,12-15H2,1-4H3. The van der Waals surface area contributed by atoms with Crippen LogP contribution in [0.2, 0.25) is 0 Å². The zero-order chi connectivity index (χ0) is 23.5. The smallest absolute Gasteiger partial charge is 0.0881 e. The lowest BCUT2D eigenvalue weighted by Crippen LogP contribution is -2.10. The van der Waals surface area contributed by atoms with E-state index in [9.17, 15) is 10.2 Å². The van der Waals surface area contributed by atoms with E-state index in [0.29, 0.717) is 24.5 Å². The number of rotatable bonds is 10. The normalized spacial score (nSPS) is 11.6. The van der Waals surface area contributed by atoms with Gasteiger partial charge in [-0.3, -0.25) is 18.7 Å². The van der Waals surface area contributed by atoms with Gasteiger partial charge in [0, 0.05) is 35.9 Å². The summed E-state index contributed by atoms with van der Waals surface area (Å²) in [6.45, 7) is 10.8. The number of aromatic nitrogens is 8. The maximum absolute atomic E-state index is 9.28. The van der Waals surface area contributed by atoms with Crippen LogP contribution in [0.3, 0.4) is 0 Å². The number of hydrogen-bond donors (Lipinski definition) is 2. The minimum absolute atomic E-state index is 0.0544. The van der Waals surface area contributed by atoms with Gasteiger partial charge in [-0.2, -0.15) is 20.4 Å². The molecule has 0 fully saturated rings. The van der Waals surface area contributed by atoms with E-state index in [1.807, 2.05) is 44.7 Å². The number of aliphatic hydroxyl groups is 2. The summed E-state index contributed by atoms with van der Waals surface area (Å²) in [5.41, 5.74) is 7.51. The summed E-state index contributed by atoms with van der Waals surface area (Å²) < 4.78 is 7.81. The molecule has 4 aromatic rings. The van der Waals surface area contributed by atoms with Gasteiger partial charge in [0.2, 0.25) is 0 Å². The zero-order valence-electron chi connectivity index (χ0n) is 19.7. The fourth-order valence-corrected chi connectivity index (χ4v) is 4.07. The van der Waals surface area contributed by atoms with Crippen molar-refractivity contribution in [1.29, 1.82) is 0 Å². The van der Waals surface area contributed by atoms with Crippen LogP contribution in [0.1, 0.15) is 52.0 Å². The van der Waals surface area contributed by atoms with Crippen LogP contribution in [-0.4, -0.2) is 49.3 Å². The van der Waals surface area contributed by atoms with Crippen molar-refractivity contribution in [2.45, 2.75) is 73.5 Å². The Labute approximate surface area is 193 Å². The van der Waals surface area contributed by atoms with Gasteiger partial charge in [0.25, 0.3) is 0 Å². The van der Waals surface area contributed by atoms with E-state index in [1.165, 1.54) is 0 Å². The molecule has 33 heavy (non-hydrogen) atoms. The highest BCUT2D eigenvalue weighted by Gasteiger charge is 2.11. The van der Waals surface area contributed by atoms with Gasteiger partial charge in [-0.25, -0.2) is 0 Å². The number of aliphatic hydroxyl groups excluding tert-OH is 2. The molecule has 4 aromatic heterocycles. The first-order valence-electron chi connectivity index (χ1n) is 11.2. The molecule has 4 rings (SSSR count). The van der Waals surface area contributed by atoms with Crippen molar-refractivity contribution in [3.63, 3.8) is 0 Å². The third-order valence-electron chi connectivity index (χ3n) is 5.81. The Bertz CT molecular complexity index is 1140. The van der Waals surface area contributed by atoms with Gasteiger partial charge in [0.15, 0.2) is 0 Å². The molecule has 0 saturated heterocycles. The third-order valence-corrected chi connectivity index (χ3v) is 5.81. The maximum atomic E-state index is 9.28. The van der Waals surface area contributed by atoms with Gasteiger partial charge in [-0.05, 0) is 58.4 Å². The Morgan fingerprint density at radius 1 is 0.545 bits per heavy atom. The highest BCUT2D eigenvalue weighted by molar-refractivity contribution is 5.14. The van der Waals surface area contributed by atoms with Gasteiger partial charge in [0.05, 0.1) is 49.1 Å². The Kier molecular flexibility index (Phi) is 6.75. The molecule has 0 aliphatic carbocycles. The van der Waals surface area contributed by atoms with Crippen LogP contribution in [0, 0.1) is 27.7 Å². The van der Waals surface area contributed by atoms with Gasteiger partial charge in [-0.1, -0.05) is 0 Å². The molecule has 0 unspecified atom stereocenters. The van der Waals surface area contributed by atoms with Crippen molar-refractivity contribution < 1.29 is 10.2 Å². The Balaban J connectivity index is 1.35. The molecular weight excluding hydrogens is 420 g/mol. The van der Waals surface area contributed by atoms with Crippen LogP contribution >= 0.6 is 0 Å². The average molecular weight is 453 g/mol. The zero-order valence-corrected chi connectivity index (χ0v) is 19.7. The molecule has 4 heterocycles. The molecule has 0 aromatic carbocycles. The topological polar surface area (TPSA) is 112 Å². The Morgan fingerprint density at radius 3 is 1.24 bits per heavy atom. The van der Waals surface area contributed by atoms with Crippen molar-refractivity contribution in [2.75, 3.05) is 0 Å². The summed E-state index contributed by atoms with van der Waals surface area (Å²) in [7, 11) is 0. The van der Waals surface area contributed by atoms with Gasteiger partial charge < -0.3 is 10.2 Å². The van der Waals surface area contributed by atoms with Gasteiger partial charge >= 0.3 is 0 Å². The summed E-state index contributed by atoms with van der Waals surface area (Å²) >= 11 is 0. The molecule has 176 valence electrons. The van der Waals surface area contributed by atoms with Crippen molar-refractivity contribution in [3.05, 3.63) is 69.8 Å². The lowest BCUT2D eigenvalue weighted by Gasteiger charge is -2.07. The van der Waals surface area contributed by atoms with Gasteiger partial charge in [-0.15, -0.1) is 0 Å². The van der Waals surface area contributed by atoms with Crippen LogP contribution in [0.4, 0.5) is 0 Å². The highest BCUT2D eigenvalue weighted by atomic mass is 16.3. The van der Waals surface area contributed by atoms with Crippen LogP contribution in [0.25, 0.3) is 0 Å². The second-order valence-electron chi connectivity index (χ2n) is 8.54. The van der Waals surface area contributed by atoms with Crippen molar-refractivity contribution in [1.82, 2.24) is 39.1 Å². The van der Waals surface area contributed by atoms with Crippen molar-refractivity contribution >= 4 is 0 Å².